The molecule has 1 aromatic rings. The fraction of sp³-hybridized carbons (Fsp3) is 0.357. The second-order valence-corrected chi connectivity index (χ2v) is 5.10. The molecular formula is C14H18N4O6. The van der Waals surface area contributed by atoms with E-state index in [4.69, 9.17) is 10.5 Å². The summed E-state index contributed by atoms with van der Waals surface area (Å²) in [6, 6.07) is 0.876. The number of aryl methyl sites for hydroxylation is 2. The van der Waals surface area contributed by atoms with Crippen molar-refractivity contribution < 1.29 is 24.0 Å². The zero-order chi connectivity index (χ0) is 18.4. The number of urea groups is 1. The Morgan fingerprint density at radius 1 is 1.29 bits per heavy atom. The van der Waals surface area contributed by atoms with Gasteiger partial charge in [0.2, 0.25) is 0 Å². The molecule has 1 atom stereocenters. The highest BCUT2D eigenvalue weighted by Gasteiger charge is 2.20. The molecule has 0 heterocycles. The smallest absolute Gasteiger partial charge is 0.328 e. The molecule has 0 radical (unpaired) electrons. The van der Waals surface area contributed by atoms with Crippen LogP contribution in [0.1, 0.15) is 18.1 Å². The first kappa shape index (κ1) is 18.9. The summed E-state index contributed by atoms with van der Waals surface area (Å²) < 4.78 is 4.70. The average Bonchev–Trinajstić information content (AvgIpc) is 2.47. The van der Waals surface area contributed by atoms with Crippen LogP contribution < -0.4 is 16.4 Å². The number of anilines is 1. The van der Waals surface area contributed by atoms with Gasteiger partial charge in [-0.3, -0.25) is 14.9 Å². The summed E-state index contributed by atoms with van der Waals surface area (Å²) in [6.07, 6.45) is 0. The fourth-order valence-electron chi connectivity index (χ4n) is 1.77. The number of nitrogens with zero attached hydrogens (tertiary/aromatic N) is 1. The third kappa shape index (κ3) is 5.23. The molecule has 130 valence electrons. The van der Waals surface area contributed by atoms with Crippen LogP contribution in [0.15, 0.2) is 12.1 Å². The quantitative estimate of drug-likeness (QED) is 0.395. The first-order chi connectivity index (χ1) is 11.1. The normalized spacial score (nSPS) is 11.3. The van der Waals surface area contributed by atoms with Gasteiger partial charge in [-0.2, -0.15) is 0 Å². The van der Waals surface area contributed by atoms with Crippen LogP contribution in [-0.4, -0.2) is 35.5 Å². The highest BCUT2D eigenvalue weighted by atomic mass is 16.6. The van der Waals surface area contributed by atoms with Crippen molar-refractivity contribution in [3.8, 4) is 0 Å². The number of hydrogen-bond acceptors (Lipinski definition) is 6. The maximum Gasteiger partial charge on any atom is 0.328 e. The number of primary amides is 1. The average molecular weight is 338 g/mol. The van der Waals surface area contributed by atoms with Gasteiger partial charge in [0.1, 0.15) is 11.7 Å². The Labute approximate surface area is 137 Å². The van der Waals surface area contributed by atoms with Crippen molar-refractivity contribution in [1.82, 2.24) is 5.32 Å². The second-order valence-electron chi connectivity index (χ2n) is 5.10. The number of rotatable bonds is 6. The van der Waals surface area contributed by atoms with Crippen LogP contribution in [0.5, 0.6) is 0 Å². The summed E-state index contributed by atoms with van der Waals surface area (Å²) in [5, 5.41) is 15.5. The number of ether oxygens (including phenoxy) is 1. The minimum absolute atomic E-state index is 0.00691. The minimum atomic E-state index is -1.02. The monoisotopic (exact) mass is 338 g/mol. The first-order valence-corrected chi connectivity index (χ1v) is 6.90. The van der Waals surface area contributed by atoms with Crippen molar-refractivity contribution in [2.45, 2.75) is 26.8 Å². The number of amides is 3. The third-order valence-electron chi connectivity index (χ3n) is 3.14. The van der Waals surface area contributed by atoms with Crippen LogP contribution in [0.25, 0.3) is 0 Å². The second kappa shape index (κ2) is 7.90. The Kier molecular flexibility index (Phi) is 6.22. The van der Waals surface area contributed by atoms with E-state index in [-0.39, 0.29) is 11.4 Å². The number of esters is 1. The summed E-state index contributed by atoms with van der Waals surface area (Å²) in [7, 11) is 0. The molecule has 0 aromatic heterocycles. The predicted octanol–water partition coefficient (Wildman–Crippen LogP) is 0.750. The zero-order valence-electron chi connectivity index (χ0n) is 13.4. The minimum Gasteiger partial charge on any atom is -0.454 e. The Hall–Kier alpha value is -3.17. The molecule has 0 fully saturated rings. The molecule has 1 rings (SSSR count). The predicted molar refractivity (Wildman–Crippen MR) is 84.3 cm³/mol. The Bertz CT molecular complexity index is 688. The van der Waals surface area contributed by atoms with Crippen LogP contribution in [-0.2, 0) is 14.3 Å². The molecule has 0 saturated heterocycles. The van der Waals surface area contributed by atoms with E-state index in [0.29, 0.717) is 5.56 Å². The summed E-state index contributed by atoms with van der Waals surface area (Å²) in [4.78, 5) is 44.4. The number of carbonyl (C=O) groups excluding carboxylic acids is 3. The van der Waals surface area contributed by atoms with Crippen LogP contribution >= 0.6 is 0 Å². The van der Waals surface area contributed by atoms with Crippen molar-refractivity contribution in [1.29, 1.82) is 0 Å². The number of nitrogens with two attached hydrogens (primary N) is 1. The van der Waals surface area contributed by atoms with E-state index in [1.807, 2.05) is 0 Å². The molecule has 24 heavy (non-hydrogen) atoms. The van der Waals surface area contributed by atoms with Gasteiger partial charge < -0.3 is 21.1 Å². The van der Waals surface area contributed by atoms with Gasteiger partial charge in [0.05, 0.1) is 4.92 Å². The molecule has 0 aliphatic heterocycles. The molecule has 4 N–H and O–H groups in total. The van der Waals surface area contributed by atoms with Crippen molar-refractivity contribution in [3.05, 3.63) is 33.4 Å². The fourth-order valence-corrected chi connectivity index (χ4v) is 1.77. The number of nitro groups is 1. The van der Waals surface area contributed by atoms with Gasteiger partial charge in [-0.15, -0.1) is 0 Å². The van der Waals surface area contributed by atoms with Gasteiger partial charge in [0, 0.05) is 6.07 Å². The van der Waals surface area contributed by atoms with Crippen molar-refractivity contribution in [2.75, 3.05) is 11.9 Å². The van der Waals surface area contributed by atoms with Gasteiger partial charge >= 0.3 is 12.0 Å². The molecule has 0 unspecified atom stereocenters. The van der Waals surface area contributed by atoms with Gasteiger partial charge in [-0.25, -0.2) is 9.59 Å². The van der Waals surface area contributed by atoms with E-state index in [1.165, 1.54) is 19.1 Å². The van der Waals surface area contributed by atoms with Crippen LogP contribution in [0.2, 0.25) is 0 Å². The summed E-state index contributed by atoms with van der Waals surface area (Å²) in [6.45, 7) is 4.13. The number of benzene rings is 1. The highest BCUT2D eigenvalue weighted by Crippen LogP contribution is 2.27. The van der Waals surface area contributed by atoms with E-state index in [2.05, 4.69) is 10.6 Å². The number of nitrogens with one attached hydrogen (secondary N) is 2. The summed E-state index contributed by atoms with van der Waals surface area (Å²) >= 11 is 0. The molecule has 0 aliphatic rings. The lowest BCUT2D eigenvalue weighted by Gasteiger charge is -2.12. The van der Waals surface area contributed by atoms with Gasteiger partial charge in [0.15, 0.2) is 6.61 Å². The van der Waals surface area contributed by atoms with E-state index >= 15 is 0 Å². The molecule has 0 spiro atoms. The summed E-state index contributed by atoms with van der Waals surface area (Å²) in [5.41, 5.74) is 6.07. The molecule has 0 aliphatic carbocycles. The van der Waals surface area contributed by atoms with Crippen LogP contribution in [0.4, 0.5) is 16.2 Å². The van der Waals surface area contributed by atoms with Crippen LogP contribution in [0.3, 0.4) is 0 Å². The molecular weight excluding hydrogens is 320 g/mol. The topological polar surface area (TPSA) is 154 Å². The van der Waals surface area contributed by atoms with Gasteiger partial charge in [-0.05, 0) is 38.0 Å². The van der Waals surface area contributed by atoms with Crippen LogP contribution in [0, 0.1) is 24.0 Å². The summed E-state index contributed by atoms with van der Waals surface area (Å²) in [5.74, 6) is -1.61. The lowest BCUT2D eigenvalue weighted by Crippen LogP contribution is -2.43. The molecule has 0 saturated carbocycles. The zero-order valence-corrected chi connectivity index (χ0v) is 13.4. The van der Waals surface area contributed by atoms with Gasteiger partial charge in [0.25, 0.3) is 11.6 Å². The van der Waals surface area contributed by atoms with E-state index in [9.17, 15) is 24.5 Å². The maximum absolute atomic E-state index is 11.8. The highest BCUT2D eigenvalue weighted by molar-refractivity contribution is 5.95. The Balaban J connectivity index is 2.72. The van der Waals surface area contributed by atoms with E-state index in [1.54, 1.807) is 13.8 Å². The largest absolute Gasteiger partial charge is 0.454 e. The lowest BCUT2D eigenvalue weighted by molar-refractivity contribution is -0.384. The molecule has 3 amide bonds. The number of nitro benzene ring substituents is 1. The molecule has 0 bridgehead atoms. The van der Waals surface area contributed by atoms with E-state index in [0.717, 1.165) is 5.56 Å². The number of hydrogen-bond donors (Lipinski definition) is 3. The van der Waals surface area contributed by atoms with E-state index < -0.39 is 35.5 Å². The Morgan fingerprint density at radius 3 is 2.42 bits per heavy atom. The van der Waals surface area contributed by atoms with Gasteiger partial charge in [-0.1, -0.05) is 0 Å². The lowest BCUT2D eigenvalue weighted by atomic mass is 10.1. The first-order valence-electron chi connectivity index (χ1n) is 6.90. The maximum atomic E-state index is 11.8. The van der Waals surface area contributed by atoms with Crippen molar-refractivity contribution in [2.24, 2.45) is 5.73 Å². The molecule has 1 aromatic carbocycles. The van der Waals surface area contributed by atoms with Crippen molar-refractivity contribution in [3.63, 3.8) is 0 Å². The standard InChI is InChI=1S/C14H18N4O6/c1-7-4-10(11(18(22)23)5-8(7)2)17-12(19)6-24-13(20)9(3)16-14(15)21/h4-5,9H,6H2,1-3H3,(H,17,19)(H3,15,16,21)/t9-/m1/s1. The molecule has 10 heteroatoms. The number of carbonyl (C=O) groups is 3. The SMILES string of the molecule is Cc1cc(NC(=O)COC(=O)[C@@H](C)NC(N)=O)c([N+](=O)[O-])cc1C. The molecule has 10 nitrogen and oxygen atoms in total. The third-order valence-corrected chi connectivity index (χ3v) is 3.14. The Morgan fingerprint density at radius 2 is 1.88 bits per heavy atom. The van der Waals surface area contributed by atoms with Crippen molar-refractivity contribution >= 4 is 29.3 Å².